The molecule has 1 saturated carbocycles. The maximum Gasteiger partial charge on any atom is 0.171 e. The number of halogens is 2. The molecule has 2 unspecified atom stereocenters. The molecule has 0 heterocycles. The van der Waals surface area contributed by atoms with Gasteiger partial charge in [0.05, 0.1) is 15.7 Å². The third-order valence-corrected chi connectivity index (χ3v) is 4.19. The van der Waals surface area contributed by atoms with Crippen molar-refractivity contribution in [3.63, 3.8) is 0 Å². The molecule has 0 spiro atoms. The van der Waals surface area contributed by atoms with Crippen LogP contribution in [0.5, 0.6) is 0 Å². The number of hydrogen-bond donors (Lipinski definition) is 3. The lowest BCUT2D eigenvalue weighted by Crippen LogP contribution is -2.50. The number of para-hydroxylation sites is 1. The third-order valence-electron chi connectivity index (χ3n) is 3.34. The summed E-state index contributed by atoms with van der Waals surface area (Å²) in [4.78, 5) is 0. The Morgan fingerprint density at radius 3 is 2.47 bits per heavy atom. The molecule has 19 heavy (non-hydrogen) atoms. The fraction of sp³-hybridized carbons (Fsp3) is 0.462. The van der Waals surface area contributed by atoms with Gasteiger partial charge in [0.2, 0.25) is 0 Å². The molecule has 1 aromatic rings. The zero-order valence-electron chi connectivity index (χ0n) is 10.5. The maximum atomic E-state index is 6.09. The second kappa shape index (κ2) is 6.75. The quantitative estimate of drug-likeness (QED) is 0.730. The molecule has 3 nitrogen and oxygen atoms in total. The summed E-state index contributed by atoms with van der Waals surface area (Å²) in [7, 11) is 0. The molecule has 2 atom stereocenters. The van der Waals surface area contributed by atoms with E-state index in [1.54, 1.807) is 18.2 Å². The molecule has 1 fully saturated rings. The number of anilines is 1. The Bertz CT molecular complexity index is 447. The Hall–Kier alpha value is -0.550. The fourth-order valence-electron chi connectivity index (χ4n) is 2.27. The highest BCUT2D eigenvalue weighted by atomic mass is 35.5. The Balaban J connectivity index is 1.97. The van der Waals surface area contributed by atoms with Crippen LogP contribution in [0.2, 0.25) is 10.0 Å². The summed E-state index contributed by atoms with van der Waals surface area (Å²) in [6.07, 6.45) is 4.45. The molecule has 104 valence electrons. The molecule has 6 heteroatoms. The van der Waals surface area contributed by atoms with Gasteiger partial charge in [-0.2, -0.15) is 0 Å². The number of nitrogens with two attached hydrogens (primary N) is 1. The highest BCUT2D eigenvalue weighted by Crippen LogP contribution is 2.29. The molecule has 1 aliphatic carbocycles. The second-order valence-electron chi connectivity index (χ2n) is 4.75. The van der Waals surface area contributed by atoms with E-state index in [9.17, 15) is 0 Å². The van der Waals surface area contributed by atoms with Gasteiger partial charge in [-0.3, -0.25) is 0 Å². The van der Waals surface area contributed by atoms with Gasteiger partial charge in [0.1, 0.15) is 0 Å². The Morgan fingerprint density at radius 2 is 1.84 bits per heavy atom. The van der Waals surface area contributed by atoms with E-state index in [1.807, 2.05) is 0 Å². The molecule has 1 aromatic carbocycles. The van der Waals surface area contributed by atoms with Crippen molar-refractivity contribution in [2.24, 2.45) is 5.73 Å². The van der Waals surface area contributed by atoms with Gasteiger partial charge in [-0.15, -0.1) is 0 Å². The molecule has 1 aliphatic rings. The van der Waals surface area contributed by atoms with Crippen molar-refractivity contribution in [3.05, 3.63) is 28.2 Å². The number of thiocarbonyl (C=S) groups is 1. The Labute approximate surface area is 128 Å². The number of benzene rings is 1. The van der Waals surface area contributed by atoms with E-state index < -0.39 is 0 Å². The largest absolute Gasteiger partial charge is 0.358 e. The first-order chi connectivity index (χ1) is 9.08. The van der Waals surface area contributed by atoms with Crippen LogP contribution in [0.4, 0.5) is 5.69 Å². The van der Waals surface area contributed by atoms with Gasteiger partial charge in [-0.05, 0) is 37.2 Å². The highest BCUT2D eigenvalue weighted by molar-refractivity contribution is 7.80. The van der Waals surface area contributed by atoms with Crippen LogP contribution in [0.15, 0.2) is 18.2 Å². The van der Waals surface area contributed by atoms with Crippen molar-refractivity contribution in [3.8, 4) is 0 Å². The van der Waals surface area contributed by atoms with Crippen LogP contribution in [-0.4, -0.2) is 17.2 Å². The summed E-state index contributed by atoms with van der Waals surface area (Å²) in [5, 5.41) is 7.90. The zero-order chi connectivity index (χ0) is 13.8. The van der Waals surface area contributed by atoms with Crippen LogP contribution in [0.1, 0.15) is 25.7 Å². The molecule has 2 rings (SSSR count). The molecule has 4 N–H and O–H groups in total. The maximum absolute atomic E-state index is 6.09. The molecular weight excluding hydrogens is 301 g/mol. The van der Waals surface area contributed by atoms with E-state index in [1.165, 1.54) is 12.8 Å². The van der Waals surface area contributed by atoms with Crippen molar-refractivity contribution in [2.75, 3.05) is 5.32 Å². The van der Waals surface area contributed by atoms with E-state index in [0.29, 0.717) is 20.8 Å². The van der Waals surface area contributed by atoms with Crippen molar-refractivity contribution in [1.29, 1.82) is 0 Å². The Morgan fingerprint density at radius 1 is 1.21 bits per heavy atom. The first-order valence-corrected chi connectivity index (χ1v) is 7.51. The minimum Gasteiger partial charge on any atom is -0.358 e. The average molecular weight is 318 g/mol. The van der Waals surface area contributed by atoms with Crippen molar-refractivity contribution < 1.29 is 0 Å². The summed E-state index contributed by atoms with van der Waals surface area (Å²) >= 11 is 17.5. The molecule has 0 saturated heterocycles. The minimum atomic E-state index is 0.148. The van der Waals surface area contributed by atoms with Gasteiger partial charge >= 0.3 is 0 Å². The van der Waals surface area contributed by atoms with Gasteiger partial charge < -0.3 is 16.4 Å². The van der Waals surface area contributed by atoms with E-state index in [2.05, 4.69) is 10.6 Å². The molecule has 0 amide bonds. The number of hydrogen-bond acceptors (Lipinski definition) is 2. The summed E-state index contributed by atoms with van der Waals surface area (Å²) in [5.74, 6) is 0. The van der Waals surface area contributed by atoms with Crippen LogP contribution in [0.25, 0.3) is 0 Å². The summed E-state index contributed by atoms with van der Waals surface area (Å²) in [5.41, 5.74) is 6.71. The lowest BCUT2D eigenvalue weighted by atomic mass is 9.91. The fourth-order valence-corrected chi connectivity index (χ4v) is 3.02. The van der Waals surface area contributed by atoms with Crippen LogP contribution >= 0.6 is 35.4 Å². The van der Waals surface area contributed by atoms with Crippen LogP contribution in [0, 0.1) is 0 Å². The average Bonchev–Trinajstić information content (AvgIpc) is 2.37. The first kappa shape index (κ1) is 14.9. The predicted octanol–water partition coefficient (Wildman–Crippen LogP) is 3.55. The zero-order valence-corrected chi connectivity index (χ0v) is 12.8. The number of nitrogens with one attached hydrogen (secondary N) is 2. The predicted molar refractivity (Wildman–Crippen MR) is 86.0 cm³/mol. The SMILES string of the molecule is NC1CCCCC1NC(=S)Nc1c(Cl)cccc1Cl. The van der Waals surface area contributed by atoms with Gasteiger partial charge in [-0.25, -0.2) is 0 Å². The molecule has 0 aromatic heterocycles. The lowest BCUT2D eigenvalue weighted by Gasteiger charge is -2.30. The Kier molecular flexibility index (Phi) is 5.28. The molecule has 0 aliphatic heterocycles. The third kappa shape index (κ3) is 3.96. The van der Waals surface area contributed by atoms with E-state index in [4.69, 9.17) is 41.2 Å². The van der Waals surface area contributed by atoms with Crippen molar-refractivity contribution >= 4 is 46.2 Å². The van der Waals surface area contributed by atoms with Gasteiger partial charge in [0.25, 0.3) is 0 Å². The van der Waals surface area contributed by atoms with Crippen molar-refractivity contribution in [1.82, 2.24) is 5.32 Å². The molecule has 0 bridgehead atoms. The molecular formula is C13H17Cl2N3S. The van der Waals surface area contributed by atoms with E-state index in [-0.39, 0.29) is 12.1 Å². The first-order valence-electron chi connectivity index (χ1n) is 6.35. The van der Waals surface area contributed by atoms with Gasteiger partial charge in [0, 0.05) is 12.1 Å². The topological polar surface area (TPSA) is 50.1 Å². The van der Waals surface area contributed by atoms with Gasteiger partial charge in [0.15, 0.2) is 5.11 Å². The second-order valence-corrected chi connectivity index (χ2v) is 5.97. The van der Waals surface area contributed by atoms with Crippen LogP contribution in [0.3, 0.4) is 0 Å². The monoisotopic (exact) mass is 317 g/mol. The normalized spacial score (nSPS) is 22.9. The molecule has 0 radical (unpaired) electrons. The minimum absolute atomic E-state index is 0.148. The van der Waals surface area contributed by atoms with Crippen molar-refractivity contribution in [2.45, 2.75) is 37.8 Å². The summed E-state index contributed by atoms with van der Waals surface area (Å²) in [6, 6.07) is 5.70. The highest BCUT2D eigenvalue weighted by Gasteiger charge is 2.22. The van der Waals surface area contributed by atoms with E-state index >= 15 is 0 Å². The summed E-state index contributed by atoms with van der Waals surface area (Å²) in [6.45, 7) is 0. The summed E-state index contributed by atoms with van der Waals surface area (Å²) < 4.78 is 0. The standard InChI is InChI=1S/C13H17Cl2N3S/c14-8-4-3-5-9(15)12(8)18-13(19)17-11-7-2-1-6-10(11)16/h3-5,10-11H,1-2,6-7,16H2,(H2,17,18,19). The van der Waals surface area contributed by atoms with E-state index in [0.717, 1.165) is 12.8 Å². The van der Waals surface area contributed by atoms with Gasteiger partial charge in [-0.1, -0.05) is 42.1 Å². The van der Waals surface area contributed by atoms with Crippen LogP contribution in [-0.2, 0) is 0 Å². The smallest absolute Gasteiger partial charge is 0.171 e. The lowest BCUT2D eigenvalue weighted by molar-refractivity contribution is 0.361. The number of rotatable bonds is 2. The van der Waals surface area contributed by atoms with Crippen LogP contribution < -0.4 is 16.4 Å².